The first-order chi connectivity index (χ1) is 22.3. The Labute approximate surface area is 484 Å². The number of nitro benzene ring substituents is 1. The third-order valence-corrected chi connectivity index (χ3v) is 8.21. The number of carbonyl (C=O) groups excluding carboxylic acids is 5. The Kier molecular flexibility index (Phi) is 31.0. The van der Waals surface area contributed by atoms with Crippen molar-refractivity contribution in [2.24, 2.45) is 0 Å². The summed E-state index contributed by atoms with van der Waals surface area (Å²) in [7, 11) is -1.10. The molecule has 2 aliphatic heterocycles. The minimum Gasteiger partial charge on any atom is -0.399 e. The van der Waals surface area contributed by atoms with E-state index in [-0.39, 0.29) is 244 Å². The van der Waals surface area contributed by atoms with Crippen LogP contribution < -0.4 is 16.1 Å². The van der Waals surface area contributed by atoms with E-state index >= 15 is 0 Å². The topological polar surface area (TPSA) is 285 Å². The molecule has 2 fully saturated rings. The van der Waals surface area contributed by atoms with Gasteiger partial charge < -0.3 is 50.3 Å². The molecule has 0 unspecified atom stereocenters. The summed E-state index contributed by atoms with van der Waals surface area (Å²) >= 11 is 0. The molecule has 1 aromatic carbocycles. The van der Waals surface area contributed by atoms with Crippen LogP contribution in [0.1, 0.15) is 63.7 Å². The van der Waals surface area contributed by atoms with E-state index in [0.717, 1.165) is 12.1 Å². The largest absolute Gasteiger partial charge is 0.495 e. The minimum absolute atomic E-state index is 0. The Balaban J connectivity index is -0.00000500. The molecule has 53 heavy (non-hydrogen) atoms. The molecule has 5 radical (unpaired) electrons. The summed E-state index contributed by atoms with van der Waals surface area (Å²) in [5.74, 6) is -4.66. The van der Waals surface area contributed by atoms with Crippen molar-refractivity contribution in [1.82, 2.24) is 15.7 Å². The van der Waals surface area contributed by atoms with Gasteiger partial charge in [-0.3, -0.25) is 29.3 Å². The molecule has 19 nitrogen and oxygen atoms in total. The third kappa shape index (κ3) is 17.2. The van der Waals surface area contributed by atoms with Crippen molar-refractivity contribution >= 4 is 47.9 Å². The molecule has 7 N–H and O–H groups in total. The summed E-state index contributed by atoms with van der Waals surface area (Å²) < 4.78 is 11.9. The predicted octanol–water partition coefficient (Wildman–Crippen LogP) is -3.07. The number of rotatable bonds is 15. The minimum atomic E-state index is -2.02. The molecule has 4 amide bonds. The third-order valence-electron chi connectivity index (χ3n) is 8.21. The molecule has 2 saturated heterocycles. The molecule has 0 spiro atoms. The fraction of sp³-hybridized carbons (Fsp3) is 0.607. The predicted molar refractivity (Wildman–Crippen MR) is 161 cm³/mol. The van der Waals surface area contributed by atoms with E-state index in [1.165, 1.54) is 6.07 Å². The molecule has 0 saturated carbocycles. The van der Waals surface area contributed by atoms with Crippen molar-refractivity contribution in [3.63, 3.8) is 0 Å². The van der Waals surface area contributed by atoms with Gasteiger partial charge in [-0.1, -0.05) is 0 Å². The first kappa shape index (κ1) is 60.5. The molecule has 1 aromatic rings. The quantitative estimate of drug-likeness (QED) is 0.0397. The molecule has 2 heterocycles. The van der Waals surface area contributed by atoms with E-state index in [2.05, 4.69) is 10.6 Å². The number of nitrogens with zero attached hydrogens (tertiary/aromatic N) is 2. The molecule has 25 heteroatoms. The Hall–Kier alpha value is 3.16. The van der Waals surface area contributed by atoms with Gasteiger partial charge in [-0.25, -0.2) is 4.79 Å². The monoisotopic (exact) mass is 1820 g/mol. The van der Waals surface area contributed by atoms with Crippen molar-refractivity contribution in [2.45, 2.75) is 95.0 Å². The summed E-state index contributed by atoms with van der Waals surface area (Å²) in [5.41, 5.74) is -2.32. The standard InChI is InChI=1S/C28H39BN4O15.5Ac/c1-27(2)28(3,4)48-29(47-27)15-9-14(10-16(11-15)33(44)45)25(42)31-17(5-8-22(39)46-32-20(37)6-7-21(32)38)26(43)30-12-18(35)23(40)24(41)19(36)13-34;;;;;/h9-11,17-19,23-24,34-36,40-41H,5-8,12-13H2,1-4H3,(H,30,43)(H,31,42);;;;;/t17-,18+,19-,23-,24-;;;;;/m0...../s1. The molecule has 5 atom stereocenters. The zero-order valence-corrected chi connectivity index (χ0v) is 53.3. The summed E-state index contributed by atoms with van der Waals surface area (Å²) in [5, 5.41) is 65.1. The van der Waals surface area contributed by atoms with Crippen molar-refractivity contribution in [1.29, 1.82) is 0 Å². The zero-order chi connectivity index (χ0) is 36.1. The average molecular weight is 1820 g/mol. The number of benzene rings is 1. The van der Waals surface area contributed by atoms with Gasteiger partial charge in [0.25, 0.3) is 23.4 Å². The van der Waals surface area contributed by atoms with Crippen molar-refractivity contribution < 1.29 is 289 Å². The molecule has 0 bridgehead atoms. The van der Waals surface area contributed by atoms with Crippen LogP contribution in [-0.2, 0) is 33.3 Å². The Morgan fingerprint density at radius 2 is 1.43 bits per heavy atom. The normalized spacial score (nSPS) is 18.2. The maximum atomic E-state index is 13.4. The maximum absolute atomic E-state index is 13.4. The van der Waals surface area contributed by atoms with E-state index in [0.29, 0.717) is 5.06 Å². The van der Waals surface area contributed by atoms with Crippen molar-refractivity contribution in [3.05, 3.63) is 33.9 Å². The van der Waals surface area contributed by atoms with Crippen LogP contribution in [0.4, 0.5) is 5.69 Å². The number of carbonyl (C=O) groups is 5. The van der Waals surface area contributed by atoms with Crippen LogP contribution >= 0.6 is 0 Å². The Morgan fingerprint density at radius 1 is 0.925 bits per heavy atom. The summed E-state index contributed by atoms with van der Waals surface area (Å²) in [4.78, 5) is 78.4. The van der Waals surface area contributed by atoms with Gasteiger partial charge >= 0.3 is 13.1 Å². The van der Waals surface area contributed by atoms with Crippen LogP contribution in [0.3, 0.4) is 0 Å². The Bertz CT molecular complexity index is 1410. The first-order valence-corrected chi connectivity index (χ1v) is 14.9. The average Bonchev–Trinajstić information content (AvgIpc) is 3.46. The van der Waals surface area contributed by atoms with E-state index < -0.39 is 115 Å². The number of nitrogens with one attached hydrogen (secondary N) is 2. The number of non-ortho nitro benzene ring substituents is 1. The van der Waals surface area contributed by atoms with Crippen LogP contribution in [-0.4, -0.2) is 127 Å². The number of aliphatic hydroxyl groups excluding tert-OH is 5. The van der Waals surface area contributed by atoms with Gasteiger partial charge in [0.1, 0.15) is 24.4 Å². The van der Waals surface area contributed by atoms with Crippen molar-refractivity contribution in [3.8, 4) is 0 Å². The molecular formula is C28H39Ac5BN4O15. The number of nitro groups is 1. The van der Waals surface area contributed by atoms with Gasteiger partial charge in [-0.15, -0.1) is 5.06 Å². The van der Waals surface area contributed by atoms with E-state index in [9.17, 15) is 54.5 Å². The molecule has 2 aliphatic rings. The van der Waals surface area contributed by atoms with Gasteiger partial charge in [0, 0.05) is 257 Å². The molecule has 0 aromatic heterocycles. The second-order valence-corrected chi connectivity index (χ2v) is 12.3. The number of aliphatic hydroxyl groups is 5. The van der Waals surface area contributed by atoms with E-state index in [1.54, 1.807) is 27.7 Å². The van der Waals surface area contributed by atoms with Crippen LogP contribution in [0.2, 0.25) is 0 Å². The SMILES string of the molecule is CC1(C)OB(c2cc(C(=O)N[C@@H](CCC(=O)ON3C(=O)CCC3=O)C(=O)NC[C@@H](O)[C@H](O)[C@@H](O)[C@@H](O)CO)cc([N+](=O)[O-])c2)OC1(C)C.[Ac].[Ac].[Ac].[Ac].[Ac]. The van der Waals surface area contributed by atoms with Crippen LogP contribution in [0.15, 0.2) is 18.2 Å². The fourth-order valence-corrected chi connectivity index (χ4v) is 4.58. The summed E-state index contributed by atoms with van der Waals surface area (Å²) in [6.45, 7) is 5.34. The van der Waals surface area contributed by atoms with E-state index in [1.807, 2.05) is 0 Å². The smallest absolute Gasteiger partial charge is 0.399 e. The fourth-order valence-electron chi connectivity index (χ4n) is 4.58. The number of imide groups is 1. The second-order valence-electron chi connectivity index (χ2n) is 12.3. The molecular weight excluding hydrogens is 1780 g/mol. The van der Waals surface area contributed by atoms with Crippen LogP contribution in [0.25, 0.3) is 0 Å². The summed E-state index contributed by atoms with van der Waals surface area (Å²) in [6, 6.07) is 1.75. The van der Waals surface area contributed by atoms with Crippen LogP contribution in [0, 0.1) is 230 Å². The number of hydrogen-bond acceptors (Lipinski definition) is 15. The van der Waals surface area contributed by atoms with Gasteiger partial charge in [0.05, 0.1) is 35.3 Å². The summed E-state index contributed by atoms with van der Waals surface area (Å²) in [6.07, 6.45) is -9.16. The first-order valence-electron chi connectivity index (χ1n) is 14.9. The van der Waals surface area contributed by atoms with Crippen LogP contribution in [0.5, 0.6) is 0 Å². The van der Waals surface area contributed by atoms with Gasteiger partial charge in [-0.2, -0.15) is 0 Å². The number of hydroxylamine groups is 2. The number of hydrogen-bond donors (Lipinski definition) is 7. The number of amides is 4. The van der Waals surface area contributed by atoms with Gasteiger partial charge in [0.2, 0.25) is 5.91 Å². The molecule has 279 valence electrons. The van der Waals surface area contributed by atoms with Gasteiger partial charge in [-0.05, 0) is 45.6 Å². The Morgan fingerprint density at radius 3 is 1.92 bits per heavy atom. The van der Waals surface area contributed by atoms with Gasteiger partial charge in [0.15, 0.2) is 0 Å². The second kappa shape index (κ2) is 27.2. The van der Waals surface area contributed by atoms with E-state index in [4.69, 9.17) is 19.3 Å². The molecule has 0 aliphatic carbocycles. The molecule has 3 rings (SSSR count). The zero-order valence-electron chi connectivity index (χ0n) is 29.5. The maximum Gasteiger partial charge on any atom is 0.495 e. The van der Waals surface area contributed by atoms with Crippen molar-refractivity contribution in [2.75, 3.05) is 13.2 Å².